The van der Waals surface area contributed by atoms with Gasteiger partial charge in [-0.1, -0.05) is 12.7 Å². The molecule has 1 saturated heterocycles. The lowest BCUT2D eigenvalue weighted by atomic mass is 9.82. The van der Waals surface area contributed by atoms with Gasteiger partial charge < -0.3 is 19.3 Å². The first-order valence-electron chi connectivity index (χ1n) is 8.71. The first kappa shape index (κ1) is 19.1. The van der Waals surface area contributed by atoms with Gasteiger partial charge in [-0.05, 0) is 26.8 Å². The van der Waals surface area contributed by atoms with Gasteiger partial charge in [-0.2, -0.15) is 0 Å². The van der Waals surface area contributed by atoms with Gasteiger partial charge in [0.2, 0.25) is 5.78 Å². The Bertz CT molecular complexity index is 816. The molecule has 0 aromatic carbocycles. The van der Waals surface area contributed by atoms with E-state index in [0.29, 0.717) is 11.1 Å². The van der Waals surface area contributed by atoms with E-state index in [2.05, 4.69) is 6.58 Å². The number of allylic oxidation sites excluding steroid dienone is 1. The Hall–Kier alpha value is -2.67. The van der Waals surface area contributed by atoms with Crippen molar-refractivity contribution in [3.05, 3.63) is 47.3 Å². The van der Waals surface area contributed by atoms with E-state index in [-0.39, 0.29) is 23.5 Å². The summed E-state index contributed by atoms with van der Waals surface area (Å²) in [5.74, 6) is -1.90. The highest BCUT2D eigenvalue weighted by atomic mass is 16.6. The molecule has 3 heterocycles. The van der Waals surface area contributed by atoms with Crippen molar-refractivity contribution in [3.63, 3.8) is 0 Å². The summed E-state index contributed by atoms with van der Waals surface area (Å²) in [6.45, 7) is 8.31. The van der Waals surface area contributed by atoms with Gasteiger partial charge in [0.15, 0.2) is 5.60 Å². The van der Waals surface area contributed by atoms with Crippen molar-refractivity contribution in [1.29, 1.82) is 0 Å². The first-order valence-corrected chi connectivity index (χ1v) is 8.71. The fraction of sp³-hybridized carbons (Fsp3) is 0.450. The lowest BCUT2D eigenvalue weighted by molar-refractivity contribution is -0.153. The van der Waals surface area contributed by atoms with E-state index in [0.717, 1.165) is 0 Å². The highest BCUT2D eigenvalue weighted by Gasteiger charge is 2.52. The molecule has 3 aliphatic rings. The zero-order chi connectivity index (χ0) is 19.9. The summed E-state index contributed by atoms with van der Waals surface area (Å²) in [7, 11) is 0. The summed E-state index contributed by atoms with van der Waals surface area (Å²) < 4.78 is 16.8. The molecule has 4 atom stereocenters. The number of carbonyl (C=O) groups excluding carboxylic acids is 3. The Balaban J connectivity index is 2.07. The van der Waals surface area contributed by atoms with Gasteiger partial charge in [-0.25, -0.2) is 9.59 Å². The average molecular weight is 374 g/mol. The standard InChI is InChI=1S/C20H22O7/c1-5-10(2)18(23)26-15-8-20(4)16(22)7-13(27-20)12(9-21)6-14-17(15)11(3)19(24)25-14/h5-7,14-15,17,21H,3,8-9H2,1-2,4H3/b10-5-,12-6-/t14-,15+,17+,20-/m1/s1. The largest absolute Gasteiger partial charge is 0.479 e. The molecule has 0 aliphatic carbocycles. The van der Waals surface area contributed by atoms with Gasteiger partial charge in [-0.15, -0.1) is 0 Å². The van der Waals surface area contributed by atoms with Crippen LogP contribution in [0.2, 0.25) is 0 Å². The first-order chi connectivity index (χ1) is 12.7. The molecular formula is C20H22O7. The molecule has 0 aromatic heterocycles. The molecule has 3 aliphatic heterocycles. The van der Waals surface area contributed by atoms with Crippen LogP contribution in [-0.4, -0.2) is 47.2 Å². The van der Waals surface area contributed by atoms with Crippen LogP contribution in [0.5, 0.6) is 0 Å². The van der Waals surface area contributed by atoms with Crippen molar-refractivity contribution in [1.82, 2.24) is 0 Å². The van der Waals surface area contributed by atoms with Crippen LogP contribution in [0, 0.1) is 5.92 Å². The number of hydrogen-bond acceptors (Lipinski definition) is 7. The molecule has 0 unspecified atom stereocenters. The van der Waals surface area contributed by atoms with Gasteiger partial charge >= 0.3 is 11.9 Å². The number of esters is 2. The minimum atomic E-state index is -1.28. The van der Waals surface area contributed by atoms with Crippen molar-refractivity contribution >= 4 is 17.7 Å². The second-order valence-corrected chi connectivity index (χ2v) is 7.10. The molecular weight excluding hydrogens is 352 g/mol. The zero-order valence-electron chi connectivity index (χ0n) is 15.5. The summed E-state index contributed by atoms with van der Waals surface area (Å²) in [5, 5.41) is 9.70. The molecule has 2 bridgehead atoms. The summed E-state index contributed by atoms with van der Waals surface area (Å²) in [6.07, 6.45) is 2.83. The van der Waals surface area contributed by atoms with Crippen molar-refractivity contribution in [2.45, 2.75) is 45.0 Å². The zero-order valence-corrected chi connectivity index (χ0v) is 15.5. The number of rotatable bonds is 3. The Morgan fingerprint density at radius 2 is 2.19 bits per heavy atom. The van der Waals surface area contributed by atoms with Gasteiger partial charge in [-0.3, -0.25) is 4.79 Å². The third-order valence-corrected chi connectivity index (χ3v) is 5.24. The maximum atomic E-state index is 12.5. The minimum Gasteiger partial charge on any atom is -0.479 e. The number of hydrogen-bond donors (Lipinski definition) is 1. The third-order valence-electron chi connectivity index (χ3n) is 5.24. The molecule has 1 N–H and O–H groups in total. The molecule has 7 heteroatoms. The summed E-state index contributed by atoms with van der Waals surface area (Å²) >= 11 is 0. The Morgan fingerprint density at radius 1 is 1.48 bits per heavy atom. The third kappa shape index (κ3) is 3.23. The molecule has 144 valence electrons. The summed E-state index contributed by atoms with van der Waals surface area (Å²) in [4.78, 5) is 37.0. The van der Waals surface area contributed by atoms with Crippen LogP contribution >= 0.6 is 0 Å². The van der Waals surface area contributed by atoms with E-state index >= 15 is 0 Å². The van der Waals surface area contributed by atoms with Gasteiger partial charge in [0.25, 0.3) is 0 Å². The van der Waals surface area contributed by atoms with Crippen LogP contribution in [0.4, 0.5) is 0 Å². The molecule has 0 radical (unpaired) electrons. The van der Waals surface area contributed by atoms with E-state index in [1.54, 1.807) is 26.8 Å². The van der Waals surface area contributed by atoms with E-state index in [1.807, 2.05) is 0 Å². The number of ketones is 1. The fourth-order valence-electron chi connectivity index (χ4n) is 3.46. The molecule has 0 aromatic rings. The molecule has 0 amide bonds. The second-order valence-electron chi connectivity index (χ2n) is 7.10. The smallest absolute Gasteiger partial charge is 0.334 e. The number of carbonyl (C=O) groups is 3. The molecule has 3 rings (SSSR count). The highest BCUT2D eigenvalue weighted by molar-refractivity contribution is 6.00. The quantitative estimate of drug-likeness (QED) is 0.591. The number of fused-ring (bicyclic) bond motifs is 3. The van der Waals surface area contributed by atoms with Crippen LogP contribution in [0.15, 0.2) is 47.3 Å². The van der Waals surface area contributed by atoms with Gasteiger partial charge in [0.1, 0.15) is 18.0 Å². The van der Waals surface area contributed by atoms with Crippen LogP contribution in [0.25, 0.3) is 0 Å². The van der Waals surface area contributed by atoms with Crippen LogP contribution in [-0.2, 0) is 28.6 Å². The van der Waals surface area contributed by atoms with Crippen LogP contribution in [0.3, 0.4) is 0 Å². The number of ether oxygens (including phenoxy) is 3. The van der Waals surface area contributed by atoms with E-state index in [9.17, 15) is 19.5 Å². The normalized spacial score (nSPS) is 35.0. The van der Waals surface area contributed by atoms with E-state index in [1.165, 1.54) is 12.2 Å². The average Bonchev–Trinajstić information content (AvgIpc) is 3.08. The van der Waals surface area contributed by atoms with E-state index < -0.39 is 42.3 Å². The topological polar surface area (TPSA) is 99.1 Å². The monoisotopic (exact) mass is 374 g/mol. The van der Waals surface area contributed by atoms with Gasteiger partial charge in [0.05, 0.1) is 12.5 Å². The Kier molecular flexibility index (Phi) is 4.82. The maximum Gasteiger partial charge on any atom is 0.334 e. The van der Waals surface area contributed by atoms with Gasteiger partial charge in [0, 0.05) is 29.2 Å². The maximum absolute atomic E-state index is 12.5. The predicted octanol–water partition coefficient (Wildman–Crippen LogP) is 1.53. The lowest BCUT2D eigenvalue weighted by Crippen LogP contribution is -2.42. The van der Waals surface area contributed by atoms with Crippen LogP contribution < -0.4 is 0 Å². The van der Waals surface area contributed by atoms with Crippen LogP contribution in [0.1, 0.15) is 27.2 Å². The molecule has 1 fully saturated rings. The predicted molar refractivity (Wildman–Crippen MR) is 94.2 cm³/mol. The number of aliphatic hydroxyl groups excluding tert-OH is 1. The van der Waals surface area contributed by atoms with E-state index in [4.69, 9.17) is 14.2 Å². The highest BCUT2D eigenvalue weighted by Crippen LogP contribution is 2.42. The molecule has 27 heavy (non-hydrogen) atoms. The lowest BCUT2D eigenvalue weighted by Gasteiger charge is -2.31. The fourth-order valence-corrected chi connectivity index (χ4v) is 3.46. The summed E-state index contributed by atoms with van der Waals surface area (Å²) in [6, 6.07) is 0. The van der Waals surface area contributed by atoms with Crippen molar-refractivity contribution < 1.29 is 33.7 Å². The number of aliphatic hydroxyl groups is 1. The molecule has 0 spiro atoms. The molecule has 0 saturated carbocycles. The molecule has 7 nitrogen and oxygen atoms in total. The second kappa shape index (κ2) is 6.81. The minimum absolute atomic E-state index is 0.0257. The Morgan fingerprint density at radius 3 is 2.81 bits per heavy atom. The SMILES string of the molecule is C=C1C(=O)O[C@@H]2/C=C(/CO)C3=CC(=O)[C@@](C)(C[C@H](OC(=O)/C(C)=C\C)[C@@H]12)O3. The summed E-state index contributed by atoms with van der Waals surface area (Å²) in [5.41, 5.74) is -0.385. The van der Waals surface area contributed by atoms with Crippen molar-refractivity contribution in [3.8, 4) is 0 Å². The van der Waals surface area contributed by atoms with Crippen molar-refractivity contribution in [2.75, 3.05) is 6.61 Å². The van der Waals surface area contributed by atoms with Crippen molar-refractivity contribution in [2.24, 2.45) is 5.92 Å². The Labute approximate surface area is 157 Å².